The maximum Gasteiger partial charge on any atom is 0.123 e. The van der Waals surface area contributed by atoms with Crippen LogP contribution in [0.4, 0.5) is 4.39 Å². The molecular weight excluding hydrogens is 223 g/mol. The van der Waals surface area contributed by atoms with E-state index in [1.54, 1.807) is 12.1 Å². The van der Waals surface area contributed by atoms with E-state index in [0.29, 0.717) is 0 Å². The zero-order valence-electron chi connectivity index (χ0n) is 8.56. The molecule has 1 N–H and O–H groups in total. The van der Waals surface area contributed by atoms with Gasteiger partial charge in [-0.1, -0.05) is 30.0 Å². The van der Waals surface area contributed by atoms with Gasteiger partial charge in [0.05, 0.1) is 6.61 Å². The summed E-state index contributed by atoms with van der Waals surface area (Å²) in [6, 6.07) is 14.0. The summed E-state index contributed by atoms with van der Waals surface area (Å²) in [5, 5.41) is 9.17. The first-order chi connectivity index (χ1) is 7.79. The predicted octanol–water partition coefficient (Wildman–Crippen LogP) is 3.47. The van der Waals surface area contributed by atoms with Crippen molar-refractivity contribution >= 4 is 11.8 Å². The van der Waals surface area contributed by atoms with Crippen LogP contribution in [0.5, 0.6) is 0 Å². The van der Waals surface area contributed by atoms with Crippen molar-refractivity contribution in [1.29, 1.82) is 0 Å². The van der Waals surface area contributed by atoms with Crippen LogP contribution in [0.15, 0.2) is 58.3 Å². The average Bonchev–Trinajstić information content (AvgIpc) is 2.33. The van der Waals surface area contributed by atoms with Gasteiger partial charge in [0.1, 0.15) is 5.82 Å². The maximum atomic E-state index is 12.7. The molecule has 0 heterocycles. The molecule has 0 saturated heterocycles. The molecule has 0 aliphatic rings. The Morgan fingerprint density at radius 1 is 1.00 bits per heavy atom. The van der Waals surface area contributed by atoms with E-state index in [1.807, 2.05) is 24.3 Å². The SMILES string of the molecule is OCc1ccccc1Sc1ccc(F)cc1. The highest BCUT2D eigenvalue weighted by Crippen LogP contribution is 2.30. The topological polar surface area (TPSA) is 20.2 Å². The third-order valence-electron chi connectivity index (χ3n) is 2.18. The van der Waals surface area contributed by atoms with Gasteiger partial charge in [0.2, 0.25) is 0 Å². The second-order valence-electron chi connectivity index (χ2n) is 3.32. The van der Waals surface area contributed by atoms with E-state index in [0.717, 1.165) is 15.4 Å². The Balaban J connectivity index is 2.23. The molecule has 0 saturated carbocycles. The lowest BCUT2D eigenvalue weighted by atomic mass is 10.2. The Bertz CT molecular complexity index is 468. The minimum absolute atomic E-state index is 0.0182. The van der Waals surface area contributed by atoms with Crippen LogP contribution in [0.2, 0.25) is 0 Å². The first-order valence-corrected chi connectivity index (χ1v) is 5.73. The highest BCUT2D eigenvalue weighted by atomic mass is 32.2. The first kappa shape index (κ1) is 11.2. The van der Waals surface area contributed by atoms with Gasteiger partial charge in [-0.15, -0.1) is 0 Å². The summed E-state index contributed by atoms with van der Waals surface area (Å²) in [6.07, 6.45) is 0. The van der Waals surface area contributed by atoms with Gasteiger partial charge >= 0.3 is 0 Å². The molecule has 2 aromatic rings. The zero-order chi connectivity index (χ0) is 11.4. The predicted molar refractivity (Wildman–Crippen MR) is 62.9 cm³/mol. The molecule has 82 valence electrons. The molecule has 2 aromatic carbocycles. The van der Waals surface area contributed by atoms with E-state index >= 15 is 0 Å². The number of halogens is 1. The van der Waals surface area contributed by atoms with Gasteiger partial charge in [0.15, 0.2) is 0 Å². The van der Waals surface area contributed by atoms with E-state index in [9.17, 15) is 4.39 Å². The Morgan fingerprint density at radius 2 is 1.69 bits per heavy atom. The fraction of sp³-hybridized carbons (Fsp3) is 0.0769. The normalized spacial score (nSPS) is 10.4. The standard InChI is InChI=1S/C13H11FOS/c14-11-5-7-12(8-6-11)16-13-4-2-1-3-10(13)9-15/h1-8,15H,9H2. The monoisotopic (exact) mass is 234 g/mol. The molecule has 0 aliphatic heterocycles. The highest BCUT2D eigenvalue weighted by Gasteiger charge is 2.02. The van der Waals surface area contributed by atoms with Gasteiger partial charge in [-0.25, -0.2) is 4.39 Å². The number of hydrogen-bond acceptors (Lipinski definition) is 2. The van der Waals surface area contributed by atoms with Crippen molar-refractivity contribution in [3.05, 3.63) is 59.9 Å². The summed E-state index contributed by atoms with van der Waals surface area (Å²) in [5.74, 6) is -0.236. The van der Waals surface area contributed by atoms with E-state index in [4.69, 9.17) is 5.11 Å². The largest absolute Gasteiger partial charge is 0.392 e. The Hall–Kier alpha value is -1.32. The summed E-state index contributed by atoms with van der Waals surface area (Å²) in [6.45, 7) is 0.0182. The summed E-state index contributed by atoms with van der Waals surface area (Å²) >= 11 is 1.52. The summed E-state index contributed by atoms with van der Waals surface area (Å²) in [7, 11) is 0. The van der Waals surface area contributed by atoms with E-state index < -0.39 is 0 Å². The Labute approximate surface area is 97.9 Å². The van der Waals surface area contributed by atoms with Crippen molar-refractivity contribution in [2.75, 3.05) is 0 Å². The summed E-state index contributed by atoms with van der Waals surface area (Å²) < 4.78 is 12.7. The Kier molecular flexibility index (Phi) is 3.59. The van der Waals surface area contributed by atoms with Crippen molar-refractivity contribution in [2.45, 2.75) is 16.4 Å². The van der Waals surface area contributed by atoms with Crippen LogP contribution < -0.4 is 0 Å². The summed E-state index contributed by atoms with van der Waals surface area (Å²) in [4.78, 5) is 1.96. The van der Waals surface area contributed by atoms with Gasteiger partial charge in [-0.2, -0.15) is 0 Å². The maximum absolute atomic E-state index is 12.7. The fourth-order valence-corrected chi connectivity index (χ4v) is 2.30. The van der Waals surface area contributed by atoms with E-state index in [2.05, 4.69) is 0 Å². The number of rotatable bonds is 3. The molecule has 0 unspecified atom stereocenters. The molecule has 16 heavy (non-hydrogen) atoms. The minimum Gasteiger partial charge on any atom is -0.392 e. The molecule has 0 aromatic heterocycles. The molecule has 2 rings (SSSR count). The van der Waals surface area contributed by atoms with Crippen molar-refractivity contribution in [3.8, 4) is 0 Å². The van der Waals surface area contributed by atoms with Crippen LogP contribution in [0.25, 0.3) is 0 Å². The molecule has 0 spiro atoms. The van der Waals surface area contributed by atoms with Crippen molar-refractivity contribution < 1.29 is 9.50 Å². The van der Waals surface area contributed by atoms with E-state index in [-0.39, 0.29) is 12.4 Å². The number of hydrogen-bond donors (Lipinski definition) is 1. The van der Waals surface area contributed by atoms with Crippen LogP contribution in [0.1, 0.15) is 5.56 Å². The molecule has 0 radical (unpaired) electrons. The van der Waals surface area contributed by atoms with Gasteiger partial charge in [-0.3, -0.25) is 0 Å². The van der Waals surface area contributed by atoms with E-state index in [1.165, 1.54) is 23.9 Å². The number of aliphatic hydroxyl groups excluding tert-OH is 1. The molecule has 0 fully saturated rings. The Morgan fingerprint density at radius 3 is 2.38 bits per heavy atom. The van der Waals surface area contributed by atoms with Gasteiger partial charge < -0.3 is 5.11 Å². The van der Waals surface area contributed by atoms with Crippen LogP contribution in [-0.4, -0.2) is 5.11 Å². The van der Waals surface area contributed by atoms with Crippen LogP contribution in [0.3, 0.4) is 0 Å². The van der Waals surface area contributed by atoms with Gasteiger partial charge in [0, 0.05) is 9.79 Å². The smallest absolute Gasteiger partial charge is 0.123 e. The van der Waals surface area contributed by atoms with Crippen LogP contribution >= 0.6 is 11.8 Å². The van der Waals surface area contributed by atoms with Crippen LogP contribution in [-0.2, 0) is 6.61 Å². The third-order valence-corrected chi connectivity index (χ3v) is 3.31. The second-order valence-corrected chi connectivity index (χ2v) is 4.44. The molecule has 1 nitrogen and oxygen atoms in total. The van der Waals surface area contributed by atoms with Gasteiger partial charge in [-0.05, 0) is 35.9 Å². The lowest BCUT2D eigenvalue weighted by Gasteiger charge is -2.06. The molecule has 0 aliphatic carbocycles. The lowest BCUT2D eigenvalue weighted by Crippen LogP contribution is -1.86. The minimum atomic E-state index is -0.236. The molecule has 0 atom stereocenters. The lowest BCUT2D eigenvalue weighted by molar-refractivity contribution is 0.279. The number of aliphatic hydroxyl groups is 1. The second kappa shape index (κ2) is 5.14. The van der Waals surface area contributed by atoms with Crippen molar-refractivity contribution in [2.24, 2.45) is 0 Å². The van der Waals surface area contributed by atoms with Crippen LogP contribution in [0, 0.1) is 5.82 Å². The molecule has 0 amide bonds. The van der Waals surface area contributed by atoms with Crippen molar-refractivity contribution in [3.63, 3.8) is 0 Å². The number of benzene rings is 2. The molecule has 3 heteroatoms. The molecular formula is C13H11FOS. The first-order valence-electron chi connectivity index (χ1n) is 4.92. The summed E-state index contributed by atoms with van der Waals surface area (Å²) in [5.41, 5.74) is 0.886. The average molecular weight is 234 g/mol. The van der Waals surface area contributed by atoms with Crippen molar-refractivity contribution in [1.82, 2.24) is 0 Å². The quantitative estimate of drug-likeness (QED) is 0.877. The third kappa shape index (κ3) is 2.62. The molecule has 0 bridgehead atoms. The zero-order valence-corrected chi connectivity index (χ0v) is 9.38. The van der Waals surface area contributed by atoms with Gasteiger partial charge in [0.25, 0.3) is 0 Å². The fourth-order valence-electron chi connectivity index (χ4n) is 1.36. The highest BCUT2D eigenvalue weighted by molar-refractivity contribution is 7.99.